The minimum Gasteiger partial charge on any atom is -0.397 e. The first-order valence-electron chi connectivity index (χ1n) is 3.07. The Bertz CT molecular complexity index is 206. The Kier molecular flexibility index (Phi) is 1.95. The van der Waals surface area contributed by atoms with Crippen molar-refractivity contribution in [1.29, 1.82) is 0 Å². The van der Waals surface area contributed by atoms with Gasteiger partial charge in [-0.3, -0.25) is 0 Å². The van der Waals surface area contributed by atoms with Gasteiger partial charge in [0.15, 0.2) is 0 Å². The van der Waals surface area contributed by atoms with E-state index in [9.17, 15) is 0 Å². The molecule has 1 aliphatic rings. The number of hydrogen-bond donors (Lipinski definition) is 2. The standard InChI is InChI=1S/C8H10N2/c9-7-5-3-1-2-4-6-8(7)10/h1-6H,9-10H2/b2-1?,3-1-,4-2-,5-3?,6-4?,7-5?,8-6?,8-7?. The van der Waals surface area contributed by atoms with Crippen LogP contribution in [0.5, 0.6) is 0 Å². The van der Waals surface area contributed by atoms with Gasteiger partial charge in [-0.25, -0.2) is 0 Å². The molecule has 1 aliphatic carbocycles. The molecule has 0 heterocycles. The van der Waals surface area contributed by atoms with Gasteiger partial charge in [-0.2, -0.15) is 0 Å². The molecule has 0 saturated heterocycles. The van der Waals surface area contributed by atoms with E-state index in [1.54, 1.807) is 12.2 Å². The average Bonchev–Trinajstić information content (AvgIpc) is 1.92. The van der Waals surface area contributed by atoms with Gasteiger partial charge in [0.2, 0.25) is 0 Å². The molecule has 0 atom stereocenters. The Morgan fingerprint density at radius 1 is 0.700 bits per heavy atom. The van der Waals surface area contributed by atoms with Gasteiger partial charge in [0, 0.05) is 0 Å². The normalized spacial score (nSPS) is 23.6. The molecule has 0 saturated carbocycles. The molecule has 0 amide bonds. The molecular formula is C8H10N2. The van der Waals surface area contributed by atoms with Crippen molar-refractivity contribution in [2.45, 2.75) is 0 Å². The molecule has 4 N–H and O–H groups in total. The van der Waals surface area contributed by atoms with Crippen LogP contribution in [0.3, 0.4) is 0 Å². The van der Waals surface area contributed by atoms with Crippen LogP contribution < -0.4 is 11.5 Å². The van der Waals surface area contributed by atoms with E-state index in [0.29, 0.717) is 11.4 Å². The fourth-order valence-corrected chi connectivity index (χ4v) is 0.639. The zero-order valence-corrected chi connectivity index (χ0v) is 5.62. The molecule has 1 rings (SSSR count). The fourth-order valence-electron chi connectivity index (χ4n) is 0.639. The maximum Gasteiger partial charge on any atom is 0.0547 e. The first kappa shape index (κ1) is 6.68. The van der Waals surface area contributed by atoms with Gasteiger partial charge in [-0.1, -0.05) is 24.3 Å². The van der Waals surface area contributed by atoms with E-state index in [0.717, 1.165) is 0 Å². The van der Waals surface area contributed by atoms with Crippen LogP contribution in [0.2, 0.25) is 0 Å². The molecule has 52 valence electrons. The predicted molar refractivity (Wildman–Crippen MR) is 42.8 cm³/mol. The van der Waals surface area contributed by atoms with Crippen molar-refractivity contribution in [3.05, 3.63) is 47.9 Å². The Morgan fingerprint density at radius 3 is 1.50 bits per heavy atom. The minimum atomic E-state index is 0.612. The van der Waals surface area contributed by atoms with E-state index >= 15 is 0 Å². The third-order valence-electron chi connectivity index (χ3n) is 1.22. The zero-order chi connectivity index (χ0) is 7.40. The molecule has 0 aromatic rings. The molecular weight excluding hydrogens is 124 g/mol. The summed E-state index contributed by atoms with van der Waals surface area (Å²) in [5.74, 6) is 0. The number of rotatable bonds is 0. The van der Waals surface area contributed by atoms with Gasteiger partial charge in [-0.15, -0.1) is 0 Å². The van der Waals surface area contributed by atoms with Crippen molar-refractivity contribution in [3.8, 4) is 0 Å². The molecule has 0 bridgehead atoms. The second kappa shape index (κ2) is 2.92. The van der Waals surface area contributed by atoms with Crippen molar-refractivity contribution in [2.75, 3.05) is 0 Å². The van der Waals surface area contributed by atoms with Gasteiger partial charge >= 0.3 is 0 Å². The van der Waals surface area contributed by atoms with Gasteiger partial charge in [-0.05, 0) is 12.2 Å². The monoisotopic (exact) mass is 134 g/mol. The summed E-state index contributed by atoms with van der Waals surface area (Å²) in [6.45, 7) is 0. The van der Waals surface area contributed by atoms with Crippen molar-refractivity contribution in [1.82, 2.24) is 0 Å². The Hall–Kier alpha value is -1.44. The van der Waals surface area contributed by atoms with Crippen LogP contribution >= 0.6 is 0 Å². The van der Waals surface area contributed by atoms with Crippen molar-refractivity contribution in [3.63, 3.8) is 0 Å². The topological polar surface area (TPSA) is 52.0 Å². The molecule has 0 unspecified atom stereocenters. The zero-order valence-electron chi connectivity index (χ0n) is 5.62. The summed E-state index contributed by atoms with van der Waals surface area (Å²) < 4.78 is 0. The summed E-state index contributed by atoms with van der Waals surface area (Å²) in [5, 5.41) is 0. The average molecular weight is 134 g/mol. The lowest BCUT2D eigenvalue weighted by atomic mass is 10.2. The van der Waals surface area contributed by atoms with E-state index in [4.69, 9.17) is 11.5 Å². The molecule has 2 nitrogen and oxygen atoms in total. The van der Waals surface area contributed by atoms with Gasteiger partial charge in [0.05, 0.1) is 11.4 Å². The van der Waals surface area contributed by atoms with Crippen molar-refractivity contribution >= 4 is 0 Å². The summed E-state index contributed by atoms with van der Waals surface area (Å²) in [7, 11) is 0. The lowest BCUT2D eigenvalue weighted by Gasteiger charge is -1.98. The van der Waals surface area contributed by atoms with Gasteiger partial charge in [0.25, 0.3) is 0 Å². The minimum absolute atomic E-state index is 0.612. The third kappa shape index (κ3) is 1.52. The van der Waals surface area contributed by atoms with Crippen LogP contribution in [0, 0.1) is 0 Å². The molecule has 0 radical (unpaired) electrons. The summed E-state index contributed by atoms with van der Waals surface area (Å²) in [6.07, 6.45) is 11.0. The smallest absolute Gasteiger partial charge is 0.0547 e. The predicted octanol–water partition coefficient (Wildman–Crippen LogP) is 0.798. The van der Waals surface area contributed by atoms with E-state index in [1.165, 1.54) is 0 Å². The molecule has 10 heavy (non-hydrogen) atoms. The van der Waals surface area contributed by atoms with Crippen LogP contribution in [-0.4, -0.2) is 0 Å². The summed E-state index contributed by atoms with van der Waals surface area (Å²) in [5.41, 5.74) is 12.3. The molecule has 0 fully saturated rings. The SMILES string of the molecule is NC1=C/C=C\C=C/C=C1N. The second-order valence-electron chi connectivity index (χ2n) is 2.01. The van der Waals surface area contributed by atoms with Crippen LogP contribution in [0.15, 0.2) is 47.9 Å². The maximum atomic E-state index is 5.53. The highest BCUT2D eigenvalue weighted by Gasteiger charge is 1.90. The highest BCUT2D eigenvalue weighted by molar-refractivity contribution is 5.34. The summed E-state index contributed by atoms with van der Waals surface area (Å²) in [4.78, 5) is 0. The molecule has 0 spiro atoms. The van der Waals surface area contributed by atoms with Crippen molar-refractivity contribution in [2.24, 2.45) is 11.5 Å². The fraction of sp³-hybridized carbons (Fsp3) is 0. The van der Waals surface area contributed by atoms with E-state index in [2.05, 4.69) is 0 Å². The number of allylic oxidation sites excluding steroid dienone is 6. The lowest BCUT2D eigenvalue weighted by molar-refractivity contribution is 1.24. The van der Waals surface area contributed by atoms with Crippen LogP contribution in [-0.2, 0) is 0 Å². The summed E-state index contributed by atoms with van der Waals surface area (Å²) in [6, 6.07) is 0. The first-order chi connectivity index (χ1) is 4.80. The first-order valence-corrected chi connectivity index (χ1v) is 3.07. The molecule has 2 heteroatoms. The van der Waals surface area contributed by atoms with E-state index in [1.807, 2.05) is 24.3 Å². The van der Waals surface area contributed by atoms with E-state index in [-0.39, 0.29) is 0 Å². The lowest BCUT2D eigenvalue weighted by Crippen LogP contribution is -2.08. The summed E-state index contributed by atoms with van der Waals surface area (Å²) >= 11 is 0. The Balaban J connectivity index is 2.91. The number of nitrogens with two attached hydrogens (primary N) is 2. The van der Waals surface area contributed by atoms with Crippen LogP contribution in [0.25, 0.3) is 0 Å². The quantitative estimate of drug-likeness (QED) is 0.514. The maximum absolute atomic E-state index is 5.53. The largest absolute Gasteiger partial charge is 0.397 e. The molecule has 0 aromatic heterocycles. The number of hydrogen-bond acceptors (Lipinski definition) is 2. The van der Waals surface area contributed by atoms with Crippen molar-refractivity contribution < 1.29 is 0 Å². The Morgan fingerprint density at radius 2 is 1.10 bits per heavy atom. The van der Waals surface area contributed by atoms with E-state index < -0.39 is 0 Å². The van der Waals surface area contributed by atoms with Crippen LogP contribution in [0.4, 0.5) is 0 Å². The molecule has 0 aromatic carbocycles. The highest BCUT2D eigenvalue weighted by atomic mass is 14.7. The second-order valence-corrected chi connectivity index (χ2v) is 2.01. The van der Waals surface area contributed by atoms with Gasteiger partial charge < -0.3 is 11.5 Å². The molecule has 0 aliphatic heterocycles. The Labute approximate surface area is 60.2 Å². The van der Waals surface area contributed by atoms with Crippen LogP contribution in [0.1, 0.15) is 0 Å². The third-order valence-corrected chi connectivity index (χ3v) is 1.22. The highest BCUT2D eigenvalue weighted by Crippen LogP contribution is 1.99. The van der Waals surface area contributed by atoms with Gasteiger partial charge in [0.1, 0.15) is 0 Å².